The molecule has 1 aromatic carbocycles. The highest BCUT2D eigenvalue weighted by molar-refractivity contribution is 5.97. The summed E-state index contributed by atoms with van der Waals surface area (Å²) in [6.45, 7) is 0.298. The minimum atomic E-state index is -0.180. The van der Waals surface area contributed by atoms with Crippen LogP contribution in [0.25, 0.3) is 0 Å². The highest BCUT2D eigenvalue weighted by atomic mass is 16.5. The van der Waals surface area contributed by atoms with Crippen molar-refractivity contribution in [3.63, 3.8) is 0 Å². The van der Waals surface area contributed by atoms with Crippen LogP contribution in [0, 0.1) is 0 Å². The number of hydrogen-bond acceptors (Lipinski definition) is 4. The molecule has 2 heterocycles. The number of nitrogens with zero attached hydrogens (tertiary/aromatic N) is 1. The summed E-state index contributed by atoms with van der Waals surface area (Å²) in [5, 5.41) is 9.11. The predicted octanol–water partition coefficient (Wildman–Crippen LogP) is 1.49. The number of amides is 2. The maximum atomic E-state index is 12.0. The van der Waals surface area contributed by atoms with E-state index in [4.69, 9.17) is 4.52 Å². The second-order valence-corrected chi connectivity index (χ2v) is 4.58. The highest BCUT2D eigenvalue weighted by Gasteiger charge is 2.16. The standard InChI is InChI=1S/C14H13N3O3/c18-13-4-2-9-7-10(1-3-12(9)17-13)14(19)15-8-11-5-6-16-20-11/h1,3,5-7H,2,4,8H2,(H,15,19)(H,17,18). The van der Waals surface area contributed by atoms with Crippen LogP contribution in [0.4, 0.5) is 5.69 Å². The van der Waals surface area contributed by atoms with Gasteiger partial charge in [0.15, 0.2) is 5.76 Å². The fourth-order valence-electron chi connectivity index (χ4n) is 2.13. The fourth-order valence-corrected chi connectivity index (χ4v) is 2.13. The first kappa shape index (κ1) is 12.4. The lowest BCUT2D eigenvalue weighted by Crippen LogP contribution is -2.24. The van der Waals surface area contributed by atoms with Gasteiger partial charge in [-0.1, -0.05) is 5.16 Å². The van der Waals surface area contributed by atoms with Gasteiger partial charge in [0.2, 0.25) is 5.91 Å². The second-order valence-electron chi connectivity index (χ2n) is 4.58. The minimum absolute atomic E-state index is 0.0139. The van der Waals surface area contributed by atoms with Crippen LogP contribution < -0.4 is 10.6 Å². The summed E-state index contributed by atoms with van der Waals surface area (Å²) in [5.41, 5.74) is 2.34. The number of carbonyl (C=O) groups excluding carboxylic acids is 2. The van der Waals surface area contributed by atoms with Gasteiger partial charge >= 0.3 is 0 Å². The van der Waals surface area contributed by atoms with E-state index in [-0.39, 0.29) is 11.8 Å². The lowest BCUT2D eigenvalue weighted by atomic mass is 10.00. The summed E-state index contributed by atoms with van der Waals surface area (Å²) in [6.07, 6.45) is 2.64. The summed E-state index contributed by atoms with van der Waals surface area (Å²) < 4.78 is 4.91. The Bertz CT molecular complexity index is 650. The zero-order chi connectivity index (χ0) is 13.9. The van der Waals surface area contributed by atoms with Gasteiger partial charge < -0.3 is 15.2 Å². The van der Waals surface area contributed by atoms with Gasteiger partial charge in [-0.15, -0.1) is 0 Å². The Balaban J connectivity index is 1.70. The fraction of sp³-hybridized carbons (Fsp3) is 0.214. The van der Waals surface area contributed by atoms with E-state index >= 15 is 0 Å². The highest BCUT2D eigenvalue weighted by Crippen LogP contribution is 2.23. The van der Waals surface area contributed by atoms with E-state index < -0.39 is 0 Å². The number of fused-ring (bicyclic) bond motifs is 1. The molecule has 2 aromatic rings. The number of aromatic nitrogens is 1. The number of aryl methyl sites for hydroxylation is 1. The average Bonchev–Trinajstić information content (AvgIpc) is 2.97. The topological polar surface area (TPSA) is 84.2 Å². The predicted molar refractivity (Wildman–Crippen MR) is 71.1 cm³/mol. The molecular formula is C14H13N3O3. The lowest BCUT2D eigenvalue weighted by Gasteiger charge is -2.17. The first-order valence-electron chi connectivity index (χ1n) is 6.33. The second kappa shape index (κ2) is 5.16. The van der Waals surface area contributed by atoms with E-state index in [0.29, 0.717) is 30.7 Å². The van der Waals surface area contributed by atoms with Crippen LogP contribution in [0.2, 0.25) is 0 Å². The molecule has 6 nitrogen and oxygen atoms in total. The summed E-state index contributed by atoms with van der Waals surface area (Å²) in [5.74, 6) is 0.435. The SMILES string of the molecule is O=C1CCc2cc(C(=O)NCc3ccno3)ccc2N1. The molecular weight excluding hydrogens is 258 g/mol. The number of rotatable bonds is 3. The Morgan fingerprint density at radius 2 is 2.25 bits per heavy atom. The third kappa shape index (κ3) is 2.54. The van der Waals surface area contributed by atoms with Crippen LogP contribution in [-0.2, 0) is 17.8 Å². The zero-order valence-corrected chi connectivity index (χ0v) is 10.7. The molecule has 0 bridgehead atoms. The minimum Gasteiger partial charge on any atom is -0.360 e. The maximum absolute atomic E-state index is 12.0. The van der Waals surface area contributed by atoms with Crippen molar-refractivity contribution in [1.29, 1.82) is 0 Å². The quantitative estimate of drug-likeness (QED) is 0.885. The molecule has 1 aliphatic rings. The molecule has 1 aliphatic heterocycles. The van der Waals surface area contributed by atoms with E-state index in [9.17, 15) is 9.59 Å². The van der Waals surface area contributed by atoms with E-state index in [1.54, 1.807) is 18.2 Å². The molecule has 0 atom stereocenters. The van der Waals surface area contributed by atoms with Gasteiger partial charge in [0.1, 0.15) is 0 Å². The normalized spacial score (nSPS) is 13.5. The summed E-state index contributed by atoms with van der Waals surface area (Å²) in [6, 6.07) is 6.96. The molecule has 2 N–H and O–H groups in total. The van der Waals surface area contributed by atoms with Gasteiger partial charge in [-0.2, -0.15) is 0 Å². The Kier molecular flexibility index (Phi) is 3.20. The Labute approximate surface area is 115 Å². The Morgan fingerprint density at radius 3 is 3.05 bits per heavy atom. The molecule has 1 aromatic heterocycles. The van der Waals surface area contributed by atoms with Gasteiger partial charge in [-0.3, -0.25) is 9.59 Å². The molecule has 2 amide bonds. The van der Waals surface area contributed by atoms with Crippen molar-refractivity contribution >= 4 is 17.5 Å². The molecule has 0 unspecified atom stereocenters. The zero-order valence-electron chi connectivity index (χ0n) is 10.7. The van der Waals surface area contributed by atoms with Crippen molar-refractivity contribution in [2.75, 3.05) is 5.32 Å². The molecule has 0 radical (unpaired) electrons. The number of anilines is 1. The largest absolute Gasteiger partial charge is 0.360 e. The first-order valence-corrected chi connectivity index (χ1v) is 6.33. The molecule has 0 fully saturated rings. The van der Waals surface area contributed by atoms with Crippen LogP contribution >= 0.6 is 0 Å². The third-order valence-electron chi connectivity index (χ3n) is 3.18. The van der Waals surface area contributed by atoms with E-state index in [0.717, 1.165) is 11.3 Å². The molecule has 3 rings (SSSR count). The lowest BCUT2D eigenvalue weighted by molar-refractivity contribution is -0.116. The van der Waals surface area contributed by atoms with Gasteiger partial charge in [0.25, 0.3) is 5.91 Å². The van der Waals surface area contributed by atoms with Crippen molar-refractivity contribution in [3.8, 4) is 0 Å². The molecule has 0 aliphatic carbocycles. The van der Waals surface area contributed by atoms with Crippen LogP contribution in [0.5, 0.6) is 0 Å². The maximum Gasteiger partial charge on any atom is 0.251 e. The van der Waals surface area contributed by atoms with E-state index in [1.165, 1.54) is 6.20 Å². The van der Waals surface area contributed by atoms with Crippen molar-refractivity contribution in [2.24, 2.45) is 0 Å². The van der Waals surface area contributed by atoms with Crippen LogP contribution in [-0.4, -0.2) is 17.0 Å². The van der Waals surface area contributed by atoms with Crippen molar-refractivity contribution < 1.29 is 14.1 Å². The van der Waals surface area contributed by atoms with Gasteiger partial charge in [0, 0.05) is 23.7 Å². The van der Waals surface area contributed by atoms with Crippen molar-refractivity contribution in [2.45, 2.75) is 19.4 Å². The summed E-state index contributed by atoms with van der Waals surface area (Å²) in [7, 11) is 0. The van der Waals surface area contributed by atoms with Crippen molar-refractivity contribution in [1.82, 2.24) is 10.5 Å². The van der Waals surface area contributed by atoms with Crippen LogP contribution in [0.15, 0.2) is 35.0 Å². The molecule has 0 spiro atoms. The monoisotopic (exact) mass is 271 g/mol. The van der Waals surface area contributed by atoms with Crippen LogP contribution in [0.3, 0.4) is 0 Å². The first-order chi connectivity index (χ1) is 9.72. The van der Waals surface area contributed by atoms with Crippen molar-refractivity contribution in [3.05, 3.63) is 47.3 Å². The summed E-state index contributed by atoms with van der Waals surface area (Å²) in [4.78, 5) is 23.3. The number of carbonyl (C=O) groups is 2. The Hall–Kier alpha value is -2.63. The van der Waals surface area contributed by atoms with Gasteiger partial charge in [0.05, 0.1) is 12.7 Å². The third-order valence-corrected chi connectivity index (χ3v) is 3.18. The molecule has 102 valence electrons. The molecule has 0 saturated carbocycles. The Morgan fingerprint density at radius 1 is 1.35 bits per heavy atom. The average molecular weight is 271 g/mol. The number of nitrogens with one attached hydrogen (secondary N) is 2. The molecule has 6 heteroatoms. The van der Waals surface area contributed by atoms with Crippen LogP contribution in [0.1, 0.15) is 28.1 Å². The van der Waals surface area contributed by atoms with E-state index in [1.807, 2.05) is 6.07 Å². The smallest absolute Gasteiger partial charge is 0.251 e. The van der Waals surface area contributed by atoms with E-state index in [2.05, 4.69) is 15.8 Å². The number of hydrogen-bond donors (Lipinski definition) is 2. The van der Waals surface area contributed by atoms with Gasteiger partial charge in [-0.05, 0) is 30.2 Å². The molecule has 0 saturated heterocycles. The van der Waals surface area contributed by atoms with Gasteiger partial charge in [-0.25, -0.2) is 0 Å². The number of benzene rings is 1. The summed E-state index contributed by atoms with van der Waals surface area (Å²) >= 11 is 0. The molecule has 20 heavy (non-hydrogen) atoms.